The van der Waals surface area contributed by atoms with E-state index in [9.17, 15) is 9.90 Å². The zero-order chi connectivity index (χ0) is 13.5. The number of benzene rings is 1. The monoisotopic (exact) mass is 313 g/mol. The molecule has 0 heterocycles. The average Bonchev–Trinajstić information content (AvgIpc) is 2.31. The van der Waals surface area contributed by atoms with Crippen LogP contribution in [-0.4, -0.2) is 23.8 Å². The molecule has 0 saturated heterocycles. The predicted octanol–water partition coefficient (Wildman–Crippen LogP) is 2.69. The van der Waals surface area contributed by atoms with Gasteiger partial charge in [0.05, 0.1) is 5.57 Å². The third-order valence-electron chi connectivity index (χ3n) is 2.24. The molecule has 5 heteroatoms. The number of nitrogens with one attached hydrogen (secondary N) is 1. The van der Waals surface area contributed by atoms with E-state index in [-0.39, 0.29) is 11.4 Å². The summed E-state index contributed by atoms with van der Waals surface area (Å²) in [5.74, 6) is -0.236. The standard InChI is InChI=1S/C13H16BrNO3/c1-3-18-13(17)12(9(2)16)8-15-11-6-4-10(14)5-7-11/h4-8,13,15,17H,3H2,1-2H3/b12-8-. The molecule has 0 bridgehead atoms. The highest BCUT2D eigenvalue weighted by molar-refractivity contribution is 9.10. The second kappa shape index (κ2) is 7.31. The molecule has 0 saturated carbocycles. The van der Waals surface area contributed by atoms with E-state index in [1.54, 1.807) is 6.92 Å². The highest BCUT2D eigenvalue weighted by Gasteiger charge is 2.14. The Morgan fingerprint density at radius 3 is 2.61 bits per heavy atom. The van der Waals surface area contributed by atoms with Crippen molar-refractivity contribution < 1.29 is 14.6 Å². The van der Waals surface area contributed by atoms with Crippen molar-refractivity contribution in [2.24, 2.45) is 0 Å². The van der Waals surface area contributed by atoms with E-state index < -0.39 is 6.29 Å². The Bertz CT molecular complexity index is 428. The fraction of sp³-hybridized carbons (Fsp3) is 0.308. The molecule has 2 N–H and O–H groups in total. The number of hydrogen-bond donors (Lipinski definition) is 2. The van der Waals surface area contributed by atoms with Crippen LogP contribution in [0.15, 0.2) is 40.5 Å². The number of carbonyl (C=O) groups is 1. The molecule has 0 aliphatic rings. The summed E-state index contributed by atoms with van der Waals surface area (Å²) in [5, 5.41) is 12.6. The van der Waals surface area contributed by atoms with E-state index in [1.165, 1.54) is 13.1 Å². The van der Waals surface area contributed by atoms with Gasteiger partial charge in [-0.3, -0.25) is 4.79 Å². The van der Waals surface area contributed by atoms with Crippen molar-refractivity contribution in [3.05, 3.63) is 40.5 Å². The lowest BCUT2D eigenvalue weighted by Crippen LogP contribution is -2.20. The van der Waals surface area contributed by atoms with Crippen LogP contribution >= 0.6 is 15.9 Å². The van der Waals surface area contributed by atoms with Crippen LogP contribution < -0.4 is 5.32 Å². The Labute approximate surface area is 115 Å². The molecule has 1 aromatic rings. The van der Waals surface area contributed by atoms with E-state index in [0.717, 1.165) is 10.2 Å². The molecule has 1 rings (SSSR count). The summed E-state index contributed by atoms with van der Waals surface area (Å²) in [4.78, 5) is 11.4. The first-order valence-electron chi connectivity index (χ1n) is 5.57. The van der Waals surface area contributed by atoms with Crippen molar-refractivity contribution in [3.63, 3.8) is 0 Å². The number of ether oxygens (including phenoxy) is 1. The Morgan fingerprint density at radius 1 is 1.50 bits per heavy atom. The van der Waals surface area contributed by atoms with Crippen molar-refractivity contribution in [2.75, 3.05) is 11.9 Å². The molecule has 0 spiro atoms. The fourth-order valence-corrected chi connectivity index (χ4v) is 1.57. The van der Waals surface area contributed by atoms with Crippen molar-refractivity contribution in [3.8, 4) is 0 Å². The molecule has 0 aromatic heterocycles. The quantitative estimate of drug-likeness (QED) is 0.626. The maximum atomic E-state index is 11.4. The van der Waals surface area contributed by atoms with E-state index in [1.807, 2.05) is 24.3 Å². The van der Waals surface area contributed by atoms with E-state index >= 15 is 0 Å². The molecular weight excluding hydrogens is 298 g/mol. The predicted molar refractivity (Wildman–Crippen MR) is 74.2 cm³/mol. The van der Waals surface area contributed by atoms with Gasteiger partial charge >= 0.3 is 0 Å². The second-order valence-electron chi connectivity index (χ2n) is 3.61. The third kappa shape index (κ3) is 4.60. The fourth-order valence-electron chi connectivity index (χ4n) is 1.30. The molecule has 18 heavy (non-hydrogen) atoms. The summed E-state index contributed by atoms with van der Waals surface area (Å²) in [6.45, 7) is 3.48. The van der Waals surface area contributed by atoms with Crippen LogP contribution in [0.25, 0.3) is 0 Å². The van der Waals surface area contributed by atoms with Crippen LogP contribution in [0.1, 0.15) is 13.8 Å². The van der Waals surface area contributed by atoms with Crippen molar-refractivity contribution >= 4 is 27.4 Å². The molecule has 1 unspecified atom stereocenters. The number of carbonyl (C=O) groups excluding carboxylic acids is 1. The lowest BCUT2D eigenvalue weighted by Gasteiger charge is -2.13. The van der Waals surface area contributed by atoms with Gasteiger partial charge in [-0.15, -0.1) is 0 Å². The Balaban J connectivity index is 2.77. The molecule has 0 aliphatic heterocycles. The normalized spacial score (nSPS) is 13.2. The molecule has 98 valence electrons. The summed E-state index contributed by atoms with van der Waals surface area (Å²) in [6, 6.07) is 7.46. The first-order chi connectivity index (χ1) is 8.54. The molecule has 1 aromatic carbocycles. The smallest absolute Gasteiger partial charge is 0.186 e. The number of rotatable bonds is 6. The van der Waals surface area contributed by atoms with Gasteiger partial charge in [0.15, 0.2) is 12.1 Å². The number of anilines is 1. The third-order valence-corrected chi connectivity index (χ3v) is 2.76. The first-order valence-corrected chi connectivity index (χ1v) is 6.36. The van der Waals surface area contributed by atoms with E-state index in [4.69, 9.17) is 4.74 Å². The SMILES string of the molecule is CCOC(O)/C(=C\Nc1ccc(Br)cc1)C(C)=O. The lowest BCUT2D eigenvalue weighted by atomic mass is 10.2. The van der Waals surface area contributed by atoms with Crippen LogP contribution in [0.2, 0.25) is 0 Å². The van der Waals surface area contributed by atoms with Crippen LogP contribution in [0.4, 0.5) is 5.69 Å². The van der Waals surface area contributed by atoms with Crippen LogP contribution in [0, 0.1) is 0 Å². The van der Waals surface area contributed by atoms with Gasteiger partial charge in [0.1, 0.15) is 0 Å². The summed E-state index contributed by atoms with van der Waals surface area (Å²) >= 11 is 3.34. The number of Topliss-reactive ketones (excluding diaryl/α,β-unsaturated/α-hetero) is 1. The minimum absolute atomic E-state index is 0.194. The number of hydrogen-bond acceptors (Lipinski definition) is 4. The number of aliphatic hydroxyl groups is 1. The maximum absolute atomic E-state index is 11.4. The number of ketones is 1. The van der Waals surface area contributed by atoms with Gasteiger partial charge in [0, 0.05) is 23.0 Å². The van der Waals surface area contributed by atoms with Crippen LogP contribution in [-0.2, 0) is 9.53 Å². The van der Waals surface area contributed by atoms with Gasteiger partial charge in [0.2, 0.25) is 0 Å². The summed E-state index contributed by atoms with van der Waals surface area (Å²) < 4.78 is 5.96. The first kappa shape index (κ1) is 14.9. The highest BCUT2D eigenvalue weighted by Crippen LogP contribution is 2.15. The summed E-state index contributed by atoms with van der Waals surface area (Å²) in [5.41, 5.74) is 1.01. The highest BCUT2D eigenvalue weighted by atomic mass is 79.9. The van der Waals surface area contributed by atoms with Gasteiger partial charge in [-0.25, -0.2) is 0 Å². The van der Waals surface area contributed by atoms with Crippen molar-refractivity contribution in [1.82, 2.24) is 0 Å². The zero-order valence-electron chi connectivity index (χ0n) is 10.3. The molecule has 1 atom stereocenters. The van der Waals surface area contributed by atoms with Crippen molar-refractivity contribution in [2.45, 2.75) is 20.1 Å². The van der Waals surface area contributed by atoms with Gasteiger partial charge in [-0.2, -0.15) is 0 Å². The Kier molecular flexibility index (Phi) is 6.04. The van der Waals surface area contributed by atoms with Gasteiger partial charge in [0.25, 0.3) is 0 Å². The summed E-state index contributed by atoms with van der Waals surface area (Å²) in [7, 11) is 0. The van der Waals surface area contributed by atoms with Crippen molar-refractivity contribution in [1.29, 1.82) is 0 Å². The molecule has 4 nitrogen and oxygen atoms in total. The molecule has 0 amide bonds. The second-order valence-corrected chi connectivity index (χ2v) is 4.53. The van der Waals surface area contributed by atoms with Gasteiger partial charge in [-0.1, -0.05) is 15.9 Å². The molecule has 0 radical (unpaired) electrons. The molecular formula is C13H16BrNO3. The number of halogens is 1. The zero-order valence-corrected chi connectivity index (χ0v) is 11.9. The average molecular weight is 314 g/mol. The van der Waals surface area contributed by atoms with Gasteiger partial charge in [-0.05, 0) is 38.1 Å². The van der Waals surface area contributed by atoms with Gasteiger partial charge < -0.3 is 15.2 Å². The minimum atomic E-state index is -1.20. The Morgan fingerprint density at radius 2 is 2.11 bits per heavy atom. The maximum Gasteiger partial charge on any atom is 0.186 e. The molecule has 0 aliphatic carbocycles. The van der Waals surface area contributed by atoms with E-state index in [0.29, 0.717) is 6.61 Å². The molecule has 0 fully saturated rings. The summed E-state index contributed by atoms with van der Waals surface area (Å²) in [6.07, 6.45) is 0.266. The topological polar surface area (TPSA) is 58.6 Å². The minimum Gasteiger partial charge on any atom is -0.364 e. The lowest BCUT2D eigenvalue weighted by molar-refractivity contribution is -0.120. The van der Waals surface area contributed by atoms with E-state index in [2.05, 4.69) is 21.2 Å². The largest absolute Gasteiger partial charge is 0.364 e. The van der Waals surface area contributed by atoms with Crippen LogP contribution in [0.5, 0.6) is 0 Å². The number of aliphatic hydroxyl groups excluding tert-OH is 1. The Hall–Kier alpha value is -1.17. The van der Waals surface area contributed by atoms with Crippen LogP contribution in [0.3, 0.4) is 0 Å².